The average molecular weight is 288 g/mol. The van der Waals surface area contributed by atoms with Gasteiger partial charge >= 0.3 is 0 Å². The van der Waals surface area contributed by atoms with Gasteiger partial charge in [0.2, 0.25) is 0 Å². The molecule has 0 aliphatic rings. The Morgan fingerprint density at radius 1 is 1.29 bits per heavy atom. The van der Waals surface area contributed by atoms with Crippen LogP contribution in [-0.4, -0.2) is 30.6 Å². The van der Waals surface area contributed by atoms with Gasteiger partial charge < -0.3 is 14.8 Å². The number of aromatic hydroxyl groups is 1. The maximum atomic E-state index is 10.1. The molecule has 0 saturated carbocycles. The smallest absolute Gasteiger partial charge is 0.122 e. The van der Waals surface area contributed by atoms with Crippen molar-refractivity contribution in [3.05, 3.63) is 53.5 Å². The molecule has 1 heterocycles. The summed E-state index contributed by atoms with van der Waals surface area (Å²) in [5.74, 6) is 1.28. The molecule has 4 heteroatoms. The highest BCUT2D eigenvalue weighted by molar-refractivity contribution is 5.37. The molecule has 21 heavy (non-hydrogen) atoms. The van der Waals surface area contributed by atoms with Gasteiger partial charge in [0.15, 0.2) is 0 Å². The SMILES string of the molecule is Cc1ccc(C(C)NCC(c2ccco2)N(C)C)c(O)c1. The van der Waals surface area contributed by atoms with Gasteiger partial charge in [0, 0.05) is 18.2 Å². The first-order valence-corrected chi connectivity index (χ1v) is 7.21. The van der Waals surface area contributed by atoms with E-state index in [1.807, 2.05) is 45.3 Å². The molecule has 0 aliphatic heterocycles. The Bertz CT molecular complexity index is 564. The van der Waals surface area contributed by atoms with Gasteiger partial charge in [-0.05, 0) is 51.7 Å². The Kier molecular flexibility index (Phi) is 5.04. The first-order valence-electron chi connectivity index (χ1n) is 7.21. The van der Waals surface area contributed by atoms with Crippen LogP contribution >= 0.6 is 0 Å². The fourth-order valence-corrected chi connectivity index (χ4v) is 2.44. The van der Waals surface area contributed by atoms with Crippen molar-refractivity contribution in [2.45, 2.75) is 25.9 Å². The number of benzene rings is 1. The fourth-order valence-electron chi connectivity index (χ4n) is 2.44. The minimum absolute atomic E-state index is 0.0722. The van der Waals surface area contributed by atoms with Gasteiger partial charge in [-0.3, -0.25) is 4.90 Å². The average Bonchev–Trinajstić information content (AvgIpc) is 2.92. The summed E-state index contributed by atoms with van der Waals surface area (Å²) in [7, 11) is 4.06. The van der Waals surface area contributed by atoms with Gasteiger partial charge in [-0.1, -0.05) is 12.1 Å². The number of phenolic OH excluding ortho intramolecular Hbond substituents is 1. The molecule has 1 aromatic heterocycles. The van der Waals surface area contributed by atoms with Crippen molar-refractivity contribution in [3.8, 4) is 5.75 Å². The number of hydrogen-bond acceptors (Lipinski definition) is 4. The van der Waals surface area contributed by atoms with E-state index in [-0.39, 0.29) is 12.1 Å². The second-order valence-corrected chi connectivity index (χ2v) is 5.69. The van der Waals surface area contributed by atoms with Crippen LogP contribution in [0.5, 0.6) is 5.75 Å². The summed E-state index contributed by atoms with van der Waals surface area (Å²) in [6.07, 6.45) is 1.70. The van der Waals surface area contributed by atoms with Crippen LogP contribution in [-0.2, 0) is 0 Å². The van der Waals surface area contributed by atoms with Gasteiger partial charge in [0.05, 0.1) is 12.3 Å². The van der Waals surface area contributed by atoms with E-state index in [0.717, 1.165) is 23.4 Å². The molecule has 0 radical (unpaired) electrons. The van der Waals surface area contributed by atoms with E-state index >= 15 is 0 Å². The molecule has 4 nitrogen and oxygen atoms in total. The number of rotatable bonds is 6. The number of aryl methyl sites for hydroxylation is 1. The molecule has 2 atom stereocenters. The lowest BCUT2D eigenvalue weighted by molar-refractivity contribution is 0.245. The summed E-state index contributed by atoms with van der Waals surface area (Å²) in [4.78, 5) is 2.12. The van der Waals surface area contributed by atoms with Crippen molar-refractivity contribution in [2.24, 2.45) is 0 Å². The highest BCUT2D eigenvalue weighted by atomic mass is 16.3. The maximum Gasteiger partial charge on any atom is 0.122 e. The van der Waals surface area contributed by atoms with E-state index < -0.39 is 0 Å². The fraction of sp³-hybridized carbons (Fsp3) is 0.412. The highest BCUT2D eigenvalue weighted by Crippen LogP contribution is 2.26. The monoisotopic (exact) mass is 288 g/mol. The Balaban J connectivity index is 2.03. The van der Waals surface area contributed by atoms with Crippen LogP contribution in [0.15, 0.2) is 41.0 Å². The Labute approximate surface area is 126 Å². The van der Waals surface area contributed by atoms with Crippen molar-refractivity contribution < 1.29 is 9.52 Å². The minimum Gasteiger partial charge on any atom is -0.508 e. The lowest BCUT2D eigenvalue weighted by Gasteiger charge is -2.25. The second-order valence-electron chi connectivity index (χ2n) is 5.69. The Morgan fingerprint density at radius 2 is 2.05 bits per heavy atom. The first-order chi connectivity index (χ1) is 9.99. The molecule has 0 fully saturated rings. The van der Waals surface area contributed by atoms with E-state index in [9.17, 15) is 5.11 Å². The molecule has 0 spiro atoms. The summed E-state index contributed by atoms with van der Waals surface area (Å²) in [6, 6.07) is 9.91. The van der Waals surface area contributed by atoms with Gasteiger partial charge in [-0.25, -0.2) is 0 Å². The van der Waals surface area contributed by atoms with Crippen molar-refractivity contribution in [1.29, 1.82) is 0 Å². The van der Waals surface area contributed by atoms with Gasteiger partial charge in [-0.2, -0.15) is 0 Å². The third kappa shape index (κ3) is 3.86. The predicted octanol–water partition coefficient (Wildman–Crippen LogP) is 3.25. The molecular weight excluding hydrogens is 264 g/mol. The molecule has 0 saturated heterocycles. The van der Waals surface area contributed by atoms with Crippen molar-refractivity contribution in [2.75, 3.05) is 20.6 Å². The summed E-state index contributed by atoms with van der Waals surface area (Å²) in [5.41, 5.74) is 1.97. The minimum atomic E-state index is 0.0722. The molecule has 2 N–H and O–H groups in total. The zero-order valence-electron chi connectivity index (χ0n) is 13.1. The first kappa shape index (κ1) is 15.6. The predicted molar refractivity (Wildman–Crippen MR) is 84.4 cm³/mol. The van der Waals surface area contributed by atoms with Gasteiger partial charge in [0.25, 0.3) is 0 Å². The summed E-state index contributed by atoms with van der Waals surface area (Å²) in [6.45, 7) is 4.77. The van der Waals surface area contributed by atoms with E-state index in [4.69, 9.17) is 4.42 Å². The van der Waals surface area contributed by atoms with Crippen LogP contribution in [0.2, 0.25) is 0 Å². The molecular formula is C17H24N2O2. The van der Waals surface area contributed by atoms with Crippen LogP contribution in [0.4, 0.5) is 0 Å². The molecule has 0 bridgehead atoms. The summed E-state index contributed by atoms with van der Waals surface area (Å²) >= 11 is 0. The van der Waals surface area contributed by atoms with E-state index in [2.05, 4.69) is 17.1 Å². The number of phenols is 1. The largest absolute Gasteiger partial charge is 0.508 e. The molecule has 1 aromatic carbocycles. The van der Waals surface area contributed by atoms with Crippen molar-refractivity contribution in [1.82, 2.24) is 10.2 Å². The molecule has 114 valence electrons. The van der Waals surface area contributed by atoms with Crippen LogP contribution in [0.25, 0.3) is 0 Å². The number of nitrogens with one attached hydrogen (secondary N) is 1. The third-order valence-corrected chi connectivity index (χ3v) is 3.76. The van der Waals surface area contributed by atoms with Gasteiger partial charge in [-0.15, -0.1) is 0 Å². The van der Waals surface area contributed by atoms with Crippen LogP contribution in [0.3, 0.4) is 0 Å². The second kappa shape index (κ2) is 6.78. The lowest BCUT2D eigenvalue weighted by Crippen LogP contribution is -2.32. The van der Waals surface area contributed by atoms with Crippen molar-refractivity contribution in [3.63, 3.8) is 0 Å². The number of nitrogens with zero attached hydrogens (tertiary/aromatic N) is 1. The molecule has 0 amide bonds. The van der Waals surface area contributed by atoms with Crippen LogP contribution in [0.1, 0.15) is 35.9 Å². The molecule has 2 rings (SSSR count). The van der Waals surface area contributed by atoms with E-state index in [1.165, 1.54) is 0 Å². The number of hydrogen-bond donors (Lipinski definition) is 2. The number of furan rings is 1. The van der Waals surface area contributed by atoms with Crippen LogP contribution in [0, 0.1) is 6.92 Å². The lowest BCUT2D eigenvalue weighted by atomic mass is 10.0. The molecule has 2 aromatic rings. The van der Waals surface area contributed by atoms with Crippen molar-refractivity contribution >= 4 is 0 Å². The molecule has 2 unspecified atom stereocenters. The standard InChI is InChI=1S/C17H24N2O2/c1-12-7-8-14(16(20)10-12)13(2)18-11-15(19(3)4)17-6-5-9-21-17/h5-10,13,15,18,20H,11H2,1-4H3. The Morgan fingerprint density at radius 3 is 2.62 bits per heavy atom. The number of likely N-dealkylation sites (N-methyl/N-ethyl adjacent to an activating group) is 1. The highest BCUT2D eigenvalue weighted by Gasteiger charge is 2.18. The van der Waals surface area contributed by atoms with Crippen LogP contribution < -0.4 is 5.32 Å². The molecule has 0 aliphatic carbocycles. The van der Waals surface area contributed by atoms with E-state index in [0.29, 0.717) is 5.75 Å². The van der Waals surface area contributed by atoms with Gasteiger partial charge in [0.1, 0.15) is 11.5 Å². The third-order valence-electron chi connectivity index (χ3n) is 3.76. The zero-order valence-corrected chi connectivity index (χ0v) is 13.1. The quantitative estimate of drug-likeness (QED) is 0.856. The normalized spacial score (nSPS) is 14.3. The zero-order chi connectivity index (χ0) is 15.4. The topological polar surface area (TPSA) is 48.6 Å². The Hall–Kier alpha value is -1.78. The summed E-state index contributed by atoms with van der Waals surface area (Å²) < 4.78 is 5.50. The summed E-state index contributed by atoms with van der Waals surface area (Å²) in [5, 5.41) is 13.5. The maximum absolute atomic E-state index is 10.1. The van der Waals surface area contributed by atoms with E-state index in [1.54, 1.807) is 12.3 Å².